The predicted octanol–water partition coefficient (Wildman–Crippen LogP) is 4.60. The maximum atomic E-state index is 5.87. The van der Waals surface area contributed by atoms with Gasteiger partial charge in [-0.1, -0.05) is 30.3 Å². The van der Waals surface area contributed by atoms with Gasteiger partial charge in [-0.3, -0.25) is 0 Å². The first-order chi connectivity index (χ1) is 10.4. The Hall–Kier alpha value is -1.54. The standard InChI is InChI=1S/C19H25NO/c1(4-12-20-13-5-6-14-20)7-15-21-19-11-10-17-8-2-3-9-18(17)16-19/h2-3,8-11,16H,1,4-7,12-15H2/p+1. The van der Waals surface area contributed by atoms with Gasteiger partial charge in [0.25, 0.3) is 0 Å². The molecule has 0 spiro atoms. The smallest absolute Gasteiger partial charge is 0.494 e. The number of fused-ring (bicyclic) bond motifs is 1. The van der Waals surface area contributed by atoms with Gasteiger partial charge in [-0.2, -0.15) is 0 Å². The van der Waals surface area contributed by atoms with Crippen LogP contribution < -0.4 is 4.74 Å². The van der Waals surface area contributed by atoms with Gasteiger partial charge in [-0.15, -0.1) is 0 Å². The monoisotopic (exact) mass is 284 g/mol. The lowest BCUT2D eigenvalue weighted by Crippen LogP contribution is -2.20. The molecule has 0 bridgehead atoms. The Labute approximate surface area is 129 Å². The van der Waals surface area contributed by atoms with E-state index in [0.717, 1.165) is 18.8 Å². The summed E-state index contributed by atoms with van der Waals surface area (Å²) < 4.78 is 5.87. The van der Waals surface area contributed by atoms with Gasteiger partial charge >= 0.3 is 1.43 Å². The molecule has 0 aromatic heterocycles. The Balaban J connectivity index is 0.00000176. The number of unbranched alkanes of at least 4 members (excludes halogenated alkanes) is 2. The third-order valence-electron chi connectivity index (χ3n) is 4.31. The van der Waals surface area contributed by atoms with Crippen LogP contribution in [0.2, 0.25) is 0 Å². The molecule has 0 unspecified atom stereocenters. The van der Waals surface area contributed by atoms with Crippen molar-refractivity contribution in [2.24, 2.45) is 0 Å². The second kappa shape index (κ2) is 7.46. The highest BCUT2D eigenvalue weighted by atomic mass is 16.5. The van der Waals surface area contributed by atoms with Gasteiger partial charge in [0.2, 0.25) is 0 Å². The van der Waals surface area contributed by atoms with E-state index in [1.165, 1.54) is 56.1 Å². The molecule has 0 radical (unpaired) electrons. The quantitative estimate of drug-likeness (QED) is 0.689. The minimum Gasteiger partial charge on any atom is -0.494 e. The molecule has 1 aliphatic heterocycles. The number of hydrogen-bond acceptors (Lipinski definition) is 2. The molecule has 1 fully saturated rings. The third kappa shape index (κ3) is 4.21. The van der Waals surface area contributed by atoms with E-state index in [1.807, 2.05) is 0 Å². The van der Waals surface area contributed by atoms with Crippen LogP contribution in [0, 0.1) is 0 Å². The fourth-order valence-electron chi connectivity index (χ4n) is 3.07. The molecule has 0 aliphatic carbocycles. The predicted molar refractivity (Wildman–Crippen MR) is 90.1 cm³/mol. The van der Waals surface area contributed by atoms with Gasteiger partial charge in [0.15, 0.2) is 0 Å². The van der Waals surface area contributed by atoms with Crippen molar-refractivity contribution in [2.75, 3.05) is 26.2 Å². The summed E-state index contributed by atoms with van der Waals surface area (Å²) in [5.74, 6) is 0.994. The molecule has 0 N–H and O–H groups in total. The highest BCUT2D eigenvalue weighted by Gasteiger charge is 2.09. The van der Waals surface area contributed by atoms with Crippen molar-refractivity contribution in [2.45, 2.75) is 32.1 Å². The summed E-state index contributed by atoms with van der Waals surface area (Å²) in [4.78, 5) is 2.59. The summed E-state index contributed by atoms with van der Waals surface area (Å²) in [5, 5.41) is 2.53. The lowest BCUT2D eigenvalue weighted by atomic mass is 10.1. The van der Waals surface area contributed by atoms with Gasteiger partial charge in [0.05, 0.1) is 6.61 Å². The lowest BCUT2D eigenvalue weighted by Gasteiger charge is -2.14. The summed E-state index contributed by atoms with van der Waals surface area (Å²) in [5.41, 5.74) is 0. The Bertz CT molecular complexity index is 566. The van der Waals surface area contributed by atoms with E-state index in [-0.39, 0.29) is 1.43 Å². The van der Waals surface area contributed by atoms with Crippen molar-refractivity contribution in [3.8, 4) is 5.75 Å². The molecular weight excluding hydrogens is 258 g/mol. The number of rotatable bonds is 7. The molecule has 0 amide bonds. The Kier molecular flexibility index (Phi) is 5.12. The first-order valence-corrected chi connectivity index (χ1v) is 8.26. The zero-order valence-electron chi connectivity index (χ0n) is 13.8. The summed E-state index contributed by atoms with van der Waals surface area (Å²) in [6, 6.07) is 14.8. The average molecular weight is 284 g/mol. The van der Waals surface area contributed by atoms with Crippen LogP contribution >= 0.6 is 0 Å². The number of hydrogen-bond donors (Lipinski definition) is 0. The minimum atomic E-state index is 0. The number of likely N-dealkylation sites (tertiary alicyclic amines) is 1. The van der Waals surface area contributed by atoms with Crippen LogP contribution in [0.25, 0.3) is 10.8 Å². The van der Waals surface area contributed by atoms with Gasteiger partial charge in [-0.05, 0) is 74.6 Å². The zero-order valence-corrected chi connectivity index (χ0v) is 12.8. The number of ether oxygens (including phenoxy) is 1. The van der Waals surface area contributed by atoms with Gasteiger partial charge < -0.3 is 9.64 Å². The van der Waals surface area contributed by atoms with Crippen LogP contribution in [0.4, 0.5) is 0 Å². The van der Waals surface area contributed by atoms with Crippen LogP contribution in [0.1, 0.15) is 33.5 Å². The van der Waals surface area contributed by atoms with Gasteiger partial charge in [-0.25, -0.2) is 0 Å². The molecule has 0 atom stereocenters. The first kappa shape index (κ1) is 14.4. The molecular formula is C19H26NO+. The molecule has 2 aromatic carbocycles. The lowest BCUT2D eigenvalue weighted by molar-refractivity contribution is 0.290. The molecule has 2 nitrogen and oxygen atoms in total. The fourth-order valence-corrected chi connectivity index (χ4v) is 3.07. The number of benzene rings is 2. The first-order valence-electron chi connectivity index (χ1n) is 8.26. The normalized spacial score (nSPS) is 15.6. The zero-order chi connectivity index (χ0) is 14.3. The van der Waals surface area contributed by atoms with Crippen LogP contribution in [-0.2, 0) is 0 Å². The minimum absolute atomic E-state index is 0. The van der Waals surface area contributed by atoms with Crippen LogP contribution in [0.5, 0.6) is 5.75 Å². The van der Waals surface area contributed by atoms with E-state index < -0.39 is 0 Å². The van der Waals surface area contributed by atoms with E-state index in [1.54, 1.807) is 0 Å². The maximum Gasteiger partial charge on any atom is 1.00 e. The molecule has 2 heteroatoms. The van der Waals surface area contributed by atoms with E-state index in [0.29, 0.717) is 0 Å². The summed E-state index contributed by atoms with van der Waals surface area (Å²) in [6.45, 7) is 4.73. The molecule has 1 aliphatic rings. The Morgan fingerprint density at radius 2 is 1.71 bits per heavy atom. The Morgan fingerprint density at radius 3 is 2.57 bits per heavy atom. The second-order valence-electron chi connectivity index (χ2n) is 5.97. The molecule has 3 rings (SSSR count). The van der Waals surface area contributed by atoms with Crippen molar-refractivity contribution < 1.29 is 6.16 Å². The molecule has 1 heterocycles. The van der Waals surface area contributed by atoms with Crippen molar-refractivity contribution in [3.05, 3.63) is 42.5 Å². The second-order valence-corrected chi connectivity index (χ2v) is 5.97. The Morgan fingerprint density at radius 1 is 0.905 bits per heavy atom. The maximum absolute atomic E-state index is 5.87. The molecule has 1 saturated heterocycles. The van der Waals surface area contributed by atoms with Crippen LogP contribution in [0.15, 0.2) is 42.5 Å². The topological polar surface area (TPSA) is 12.5 Å². The largest absolute Gasteiger partial charge is 1.00 e. The van der Waals surface area contributed by atoms with E-state index in [4.69, 9.17) is 4.74 Å². The van der Waals surface area contributed by atoms with E-state index in [2.05, 4.69) is 47.4 Å². The highest BCUT2D eigenvalue weighted by Crippen LogP contribution is 2.20. The molecule has 2 aromatic rings. The van der Waals surface area contributed by atoms with Gasteiger partial charge in [0, 0.05) is 0 Å². The van der Waals surface area contributed by atoms with E-state index >= 15 is 0 Å². The molecule has 112 valence electrons. The fraction of sp³-hybridized carbons (Fsp3) is 0.474. The van der Waals surface area contributed by atoms with E-state index in [9.17, 15) is 0 Å². The van der Waals surface area contributed by atoms with Gasteiger partial charge in [0.1, 0.15) is 5.75 Å². The summed E-state index contributed by atoms with van der Waals surface area (Å²) in [7, 11) is 0. The molecule has 0 saturated carbocycles. The summed E-state index contributed by atoms with van der Waals surface area (Å²) in [6.07, 6.45) is 6.52. The van der Waals surface area contributed by atoms with Crippen LogP contribution in [-0.4, -0.2) is 31.1 Å². The highest BCUT2D eigenvalue weighted by molar-refractivity contribution is 5.83. The van der Waals surface area contributed by atoms with Crippen LogP contribution in [0.3, 0.4) is 0 Å². The average Bonchev–Trinajstić information content (AvgIpc) is 3.04. The van der Waals surface area contributed by atoms with Crippen molar-refractivity contribution in [1.29, 1.82) is 0 Å². The third-order valence-corrected chi connectivity index (χ3v) is 4.31. The van der Waals surface area contributed by atoms with Crippen molar-refractivity contribution >= 4 is 10.8 Å². The van der Waals surface area contributed by atoms with Crippen molar-refractivity contribution in [1.82, 2.24) is 4.90 Å². The van der Waals surface area contributed by atoms with Crippen molar-refractivity contribution in [3.63, 3.8) is 0 Å². The SMILES string of the molecule is [H+].c1ccc2cc(OCCCCCN3CCCC3)ccc2c1. The summed E-state index contributed by atoms with van der Waals surface area (Å²) >= 11 is 0. The number of nitrogens with zero attached hydrogens (tertiary/aromatic N) is 1. The molecule has 21 heavy (non-hydrogen) atoms.